The van der Waals surface area contributed by atoms with Crippen molar-refractivity contribution in [1.82, 2.24) is 5.32 Å². The molecule has 1 amide bonds. The van der Waals surface area contributed by atoms with Gasteiger partial charge in [-0.05, 0) is 48.7 Å². The summed E-state index contributed by atoms with van der Waals surface area (Å²) < 4.78 is 13.1. The molecular formula is C22H29FN3O+. The third kappa shape index (κ3) is 5.30. The lowest BCUT2D eigenvalue weighted by molar-refractivity contribution is -0.892. The molecule has 0 aromatic heterocycles. The predicted molar refractivity (Wildman–Crippen MR) is 107 cm³/mol. The maximum atomic E-state index is 13.1. The van der Waals surface area contributed by atoms with Crippen molar-refractivity contribution in [3.8, 4) is 0 Å². The van der Waals surface area contributed by atoms with Crippen LogP contribution in [0.1, 0.15) is 31.0 Å². The molecular weight excluding hydrogens is 341 g/mol. The van der Waals surface area contributed by atoms with E-state index in [9.17, 15) is 9.18 Å². The van der Waals surface area contributed by atoms with Gasteiger partial charge in [-0.15, -0.1) is 0 Å². The number of hydrogen-bond acceptors (Lipinski definition) is 2. The second-order valence-corrected chi connectivity index (χ2v) is 7.27. The van der Waals surface area contributed by atoms with Gasteiger partial charge in [0.1, 0.15) is 5.82 Å². The van der Waals surface area contributed by atoms with Gasteiger partial charge in [0, 0.05) is 5.69 Å². The third-order valence-corrected chi connectivity index (χ3v) is 5.34. The van der Waals surface area contributed by atoms with Gasteiger partial charge in [-0.25, -0.2) is 4.39 Å². The van der Waals surface area contributed by atoms with Crippen LogP contribution in [0.25, 0.3) is 0 Å². The molecule has 0 bridgehead atoms. The first-order chi connectivity index (χ1) is 13.0. The van der Waals surface area contributed by atoms with E-state index < -0.39 is 0 Å². The molecule has 1 aliphatic rings. The predicted octanol–water partition coefficient (Wildman–Crippen LogP) is 1.97. The van der Waals surface area contributed by atoms with Crippen molar-refractivity contribution in [2.24, 2.45) is 0 Å². The Morgan fingerprint density at radius 1 is 1.11 bits per heavy atom. The van der Waals surface area contributed by atoms with Crippen LogP contribution in [0, 0.1) is 5.82 Å². The van der Waals surface area contributed by atoms with E-state index in [1.54, 1.807) is 0 Å². The Kier molecular flexibility index (Phi) is 6.45. The van der Waals surface area contributed by atoms with E-state index in [1.807, 2.05) is 19.1 Å². The summed E-state index contributed by atoms with van der Waals surface area (Å²) in [7, 11) is 0. The molecule has 0 radical (unpaired) electrons. The molecule has 5 heteroatoms. The van der Waals surface area contributed by atoms with Crippen LogP contribution in [0.2, 0.25) is 0 Å². The van der Waals surface area contributed by atoms with Crippen molar-refractivity contribution < 1.29 is 14.1 Å². The van der Waals surface area contributed by atoms with Crippen molar-refractivity contribution in [2.45, 2.75) is 26.3 Å². The summed E-state index contributed by atoms with van der Waals surface area (Å²) in [6, 6.07) is 15.1. The maximum Gasteiger partial charge on any atom is 0.275 e. The standard InChI is InChI=1S/C22H28FN3O/c1-3-18-4-6-19(7-5-18)17(2)24-22(27)16-25-12-14-26(15-13-25)21-10-8-20(23)9-11-21/h4-11,17H,3,12-16H2,1-2H3,(H,24,27)/p+1/t17-/m1/s1. The molecule has 1 saturated heterocycles. The number of piperazine rings is 1. The highest BCUT2D eigenvalue weighted by Crippen LogP contribution is 2.15. The molecule has 1 aliphatic heterocycles. The molecule has 27 heavy (non-hydrogen) atoms. The largest absolute Gasteiger partial charge is 0.360 e. The fraction of sp³-hybridized carbons (Fsp3) is 0.409. The highest BCUT2D eigenvalue weighted by atomic mass is 19.1. The molecule has 0 saturated carbocycles. The molecule has 1 heterocycles. The van der Waals surface area contributed by atoms with Crippen molar-refractivity contribution >= 4 is 11.6 Å². The Labute approximate surface area is 161 Å². The number of nitrogens with one attached hydrogen (secondary N) is 2. The van der Waals surface area contributed by atoms with E-state index in [0.29, 0.717) is 6.54 Å². The SMILES string of the molecule is CCc1ccc([C@@H](C)NC(=O)C[NH+]2CCN(c3ccc(F)cc3)CC2)cc1. The van der Waals surface area contributed by atoms with Gasteiger partial charge in [-0.1, -0.05) is 31.2 Å². The first kappa shape index (κ1) is 19.4. The van der Waals surface area contributed by atoms with Crippen molar-refractivity contribution in [3.63, 3.8) is 0 Å². The highest BCUT2D eigenvalue weighted by Gasteiger charge is 2.23. The lowest BCUT2D eigenvalue weighted by Crippen LogP contribution is -3.15. The molecule has 3 rings (SSSR count). The Hall–Kier alpha value is -2.40. The van der Waals surface area contributed by atoms with Crippen LogP contribution in [-0.2, 0) is 11.2 Å². The Morgan fingerprint density at radius 3 is 2.33 bits per heavy atom. The van der Waals surface area contributed by atoms with Crippen LogP contribution < -0.4 is 15.1 Å². The maximum absolute atomic E-state index is 13.1. The molecule has 1 fully saturated rings. The molecule has 144 valence electrons. The van der Waals surface area contributed by atoms with E-state index in [0.717, 1.165) is 43.9 Å². The Balaban J connectivity index is 1.45. The van der Waals surface area contributed by atoms with E-state index in [4.69, 9.17) is 0 Å². The molecule has 4 nitrogen and oxygen atoms in total. The Bertz CT molecular complexity index is 737. The quantitative estimate of drug-likeness (QED) is 0.816. The van der Waals surface area contributed by atoms with Gasteiger partial charge in [0.15, 0.2) is 6.54 Å². The summed E-state index contributed by atoms with van der Waals surface area (Å²) in [4.78, 5) is 16.0. The van der Waals surface area contributed by atoms with Crippen LogP contribution in [0.5, 0.6) is 0 Å². The van der Waals surface area contributed by atoms with Crippen LogP contribution in [0.15, 0.2) is 48.5 Å². The smallest absolute Gasteiger partial charge is 0.275 e. The van der Waals surface area contributed by atoms with Gasteiger partial charge in [-0.2, -0.15) is 0 Å². The lowest BCUT2D eigenvalue weighted by atomic mass is 10.1. The van der Waals surface area contributed by atoms with Gasteiger partial charge >= 0.3 is 0 Å². The summed E-state index contributed by atoms with van der Waals surface area (Å²) in [5.74, 6) is -0.120. The zero-order valence-corrected chi connectivity index (χ0v) is 16.2. The van der Waals surface area contributed by atoms with Gasteiger partial charge in [0.25, 0.3) is 5.91 Å². The fourth-order valence-corrected chi connectivity index (χ4v) is 3.55. The van der Waals surface area contributed by atoms with Gasteiger partial charge in [0.05, 0.1) is 32.2 Å². The molecule has 2 aromatic rings. The van der Waals surface area contributed by atoms with E-state index in [-0.39, 0.29) is 17.8 Å². The van der Waals surface area contributed by atoms with Gasteiger partial charge in [0.2, 0.25) is 0 Å². The number of quaternary nitrogens is 1. The summed E-state index contributed by atoms with van der Waals surface area (Å²) in [6.45, 7) is 8.23. The Morgan fingerprint density at radius 2 is 1.74 bits per heavy atom. The van der Waals surface area contributed by atoms with Gasteiger partial charge in [-0.3, -0.25) is 4.79 Å². The van der Waals surface area contributed by atoms with E-state index in [2.05, 4.69) is 41.4 Å². The topological polar surface area (TPSA) is 36.8 Å². The van der Waals surface area contributed by atoms with Gasteiger partial charge < -0.3 is 15.1 Å². The molecule has 1 atom stereocenters. The monoisotopic (exact) mass is 370 g/mol. The fourth-order valence-electron chi connectivity index (χ4n) is 3.55. The number of rotatable bonds is 6. The minimum Gasteiger partial charge on any atom is -0.360 e. The average molecular weight is 370 g/mol. The van der Waals surface area contributed by atoms with E-state index >= 15 is 0 Å². The third-order valence-electron chi connectivity index (χ3n) is 5.34. The number of nitrogens with zero attached hydrogens (tertiary/aromatic N) is 1. The lowest BCUT2D eigenvalue weighted by Gasteiger charge is -2.33. The first-order valence-corrected chi connectivity index (χ1v) is 9.77. The van der Waals surface area contributed by atoms with Crippen molar-refractivity contribution in [3.05, 3.63) is 65.5 Å². The molecule has 2 aromatic carbocycles. The summed E-state index contributed by atoms with van der Waals surface area (Å²) in [6.07, 6.45) is 1.02. The first-order valence-electron chi connectivity index (χ1n) is 9.77. The molecule has 0 unspecified atom stereocenters. The summed E-state index contributed by atoms with van der Waals surface area (Å²) in [5, 5.41) is 3.12. The number of aryl methyl sites for hydroxylation is 1. The second-order valence-electron chi connectivity index (χ2n) is 7.27. The number of hydrogen-bond donors (Lipinski definition) is 2. The second kappa shape index (κ2) is 9.00. The van der Waals surface area contributed by atoms with Crippen LogP contribution >= 0.6 is 0 Å². The number of amides is 1. The minimum atomic E-state index is -0.210. The highest BCUT2D eigenvalue weighted by molar-refractivity contribution is 5.77. The minimum absolute atomic E-state index is 0.0170. The normalized spacial score (nSPS) is 16.2. The molecule has 2 N–H and O–H groups in total. The average Bonchev–Trinajstić information content (AvgIpc) is 2.69. The van der Waals surface area contributed by atoms with Crippen LogP contribution in [0.3, 0.4) is 0 Å². The van der Waals surface area contributed by atoms with Crippen molar-refractivity contribution in [1.29, 1.82) is 0 Å². The molecule has 0 aliphatic carbocycles. The van der Waals surface area contributed by atoms with Crippen molar-refractivity contribution in [2.75, 3.05) is 37.6 Å². The number of carbonyl (C=O) groups is 1. The van der Waals surface area contributed by atoms with E-state index in [1.165, 1.54) is 22.6 Å². The number of carbonyl (C=O) groups excluding carboxylic acids is 1. The summed E-state index contributed by atoms with van der Waals surface area (Å²) >= 11 is 0. The molecule has 0 spiro atoms. The number of benzene rings is 2. The zero-order valence-electron chi connectivity index (χ0n) is 16.2. The number of halogens is 1. The number of anilines is 1. The van der Waals surface area contributed by atoms with Crippen LogP contribution in [0.4, 0.5) is 10.1 Å². The zero-order chi connectivity index (χ0) is 19.2. The van der Waals surface area contributed by atoms with Crippen LogP contribution in [-0.4, -0.2) is 38.6 Å². The summed E-state index contributed by atoms with van der Waals surface area (Å²) in [5.41, 5.74) is 3.49.